The SMILES string of the molecule is CC(C)N/C=C/COc1cccc2ccccc12. The van der Waals surface area contributed by atoms with Gasteiger partial charge in [0.1, 0.15) is 12.4 Å². The van der Waals surface area contributed by atoms with Crippen molar-refractivity contribution in [3.8, 4) is 5.75 Å². The first-order valence-corrected chi connectivity index (χ1v) is 6.29. The number of fused-ring (bicyclic) bond motifs is 1. The minimum atomic E-state index is 0.457. The Morgan fingerprint density at radius 3 is 2.72 bits per heavy atom. The van der Waals surface area contributed by atoms with Crippen LogP contribution in [0.1, 0.15) is 13.8 Å². The van der Waals surface area contributed by atoms with E-state index in [-0.39, 0.29) is 0 Å². The van der Waals surface area contributed by atoms with Crippen LogP contribution in [0.5, 0.6) is 5.75 Å². The van der Waals surface area contributed by atoms with E-state index in [1.165, 1.54) is 5.39 Å². The van der Waals surface area contributed by atoms with Gasteiger partial charge in [-0.2, -0.15) is 0 Å². The maximum absolute atomic E-state index is 5.77. The highest BCUT2D eigenvalue weighted by molar-refractivity contribution is 5.88. The van der Waals surface area contributed by atoms with Crippen molar-refractivity contribution in [3.63, 3.8) is 0 Å². The quantitative estimate of drug-likeness (QED) is 0.861. The zero-order valence-corrected chi connectivity index (χ0v) is 10.9. The third kappa shape index (κ3) is 3.27. The van der Waals surface area contributed by atoms with E-state index in [1.54, 1.807) is 0 Å². The maximum atomic E-state index is 5.77. The molecule has 0 bridgehead atoms. The zero-order chi connectivity index (χ0) is 12.8. The minimum Gasteiger partial charge on any atom is -0.489 e. The second-order valence-corrected chi connectivity index (χ2v) is 4.51. The van der Waals surface area contributed by atoms with E-state index in [2.05, 4.69) is 37.4 Å². The van der Waals surface area contributed by atoms with Crippen LogP contribution in [0.25, 0.3) is 10.8 Å². The Labute approximate surface area is 108 Å². The smallest absolute Gasteiger partial charge is 0.127 e. The first-order chi connectivity index (χ1) is 8.77. The van der Waals surface area contributed by atoms with Crippen molar-refractivity contribution in [3.05, 3.63) is 54.7 Å². The predicted molar refractivity (Wildman–Crippen MR) is 76.9 cm³/mol. The Bertz CT molecular complexity index is 526. The number of hydrogen-bond acceptors (Lipinski definition) is 2. The lowest BCUT2D eigenvalue weighted by atomic mass is 10.1. The lowest BCUT2D eigenvalue weighted by molar-refractivity contribution is 0.366. The van der Waals surface area contributed by atoms with Gasteiger partial charge < -0.3 is 10.1 Å². The first kappa shape index (κ1) is 12.5. The molecule has 2 heteroatoms. The molecule has 0 heterocycles. The molecule has 2 aromatic rings. The molecule has 0 unspecified atom stereocenters. The average Bonchev–Trinajstić information content (AvgIpc) is 2.38. The Hall–Kier alpha value is -1.96. The summed E-state index contributed by atoms with van der Waals surface area (Å²) in [7, 11) is 0. The second kappa shape index (κ2) is 6.10. The van der Waals surface area contributed by atoms with Crippen molar-refractivity contribution < 1.29 is 4.74 Å². The summed E-state index contributed by atoms with van der Waals surface area (Å²) in [5, 5.41) is 5.57. The first-order valence-electron chi connectivity index (χ1n) is 6.29. The topological polar surface area (TPSA) is 21.3 Å². The van der Waals surface area contributed by atoms with Crippen LogP contribution >= 0.6 is 0 Å². The van der Waals surface area contributed by atoms with E-state index < -0.39 is 0 Å². The molecule has 94 valence electrons. The zero-order valence-electron chi connectivity index (χ0n) is 10.9. The Morgan fingerprint density at radius 1 is 1.11 bits per heavy atom. The molecular formula is C16H19NO. The van der Waals surface area contributed by atoms with Gasteiger partial charge in [-0.3, -0.25) is 0 Å². The van der Waals surface area contributed by atoms with Gasteiger partial charge in [0.15, 0.2) is 0 Å². The fourth-order valence-electron chi connectivity index (χ4n) is 1.77. The van der Waals surface area contributed by atoms with Crippen LogP contribution in [0.2, 0.25) is 0 Å². The van der Waals surface area contributed by atoms with Gasteiger partial charge in [-0.05, 0) is 37.6 Å². The molecule has 0 amide bonds. The highest BCUT2D eigenvalue weighted by atomic mass is 16.5. The van der Waals surface area contributed by atoms with Gasteiger partial charge in [0, 0.05) is 11.4 Å². The fourth-order valence-corrected chi connectivity index (χ4v) is 1.77. The standard InChI is InChI=1S/C16H19NO/c1-13(2)17-11-6-12-18-16-10-5-8-14-7-3-4-9-15(14)16/h3-11,13,17H,12H2,1-2H3/b11-6+. The Balaban J connectivity index is 2.01. The van der Waals surface area contributed by atoms with Crippen LogP contribution in [0.4, 0.5) is 0 Å². The molecule has 1 N–H and O–H groups in total. The molecule has 0 aliphatic heterocycles. The van der Waals surface area contributed by atoms with Crippen molar-refractivity contribution in [2.24, 2.45) is 0 Å². The van der Waals surface area contributed by atoms with Gasteiger partial charge in [0.25, 0.3) is 0 Å². The summed E-state index contributed by atoms with van der Waals surface area (Å²) in [6.07, 6.45) is 3.93. The lowest BCUT2D eigenvalue weighted by Gasteiger charge is -2.07. The number of nitrogens with one attached hydrogen (secondary N) is 1. The molecule has 2 nitrogen and oxygen atoms in total. The molecule has 0 aliphatic rings. The van der Waals surface area contributed by atoms with E-state index in [1.807, 2.05) is 36.5 Å². The van der Waals surface area contributed by atoms with Crippen LogP contribution in [-0.4, -0.2) is 12.6 Å². The van der Waals surface area contributed by atoms with Crippen LogP contribution < -0.4 is 10.1 Å². The Morgan fingerprint density at radius 2 is 1.89 bits per heavy atom. The molecule has 0 saturated heterocycles. The second-order valence-electron chi connectivity index (χ2n) is 4.51. The summed E-state index contributed by atoms with van der Waals surface area (Å²) >= 11 is 0. The normalized spacial score (nSPS) is 11.3. The number of hydrogen-bond donors (Lipinski definition) is 1. The molecular weight excluding hydrogens is 222 g/mol. The summed E-state index contributed by atoms with van der Waals surface area (Å²) in [6.45, 7) is 4.79. The van der Waals surface area contributed by atoms with Crippen molar-refractivity contribution in [1.29, 1.82) is 0 Å². The predicted octanol–water partition coefficient (Wildman–Crippen LogP) is 3.73. The highest BCUT2D eigenvalue weighted by Crippen LogP contribution is 2.24. The van der Waals surface area contributed by atoms with E-state index in [9.17, 15) is 0 Å². The van der Waals surface area contributed by atoms with Crippen molar-refractivity contribution in [2.45, 2.75) is 19.9 Å². The Kier molecular flexibility index (Phi) is 4.24. The van der Waals surface area contributed by atoms with Crippen molar-refractivity contribution >= 4 is 10.8 Å². The number of benzene rings is 2. The third-order valence-corrected chi connectivity index (χ3v) is 2.63. The van der Waals surface area contributed by atoms with Crippen molar-refractivity contribution in [1.82, 2.24) is 5.32 Å². The van der Waals surface area contributed by atoms with Crippen LogP contribution in [-0.2, 0) is 0 Å². The van der Waals surface area contributed by atoms with E-state index in [4.69, 9.17) is 4.74 Å². The van der Waals surface area contributed by atoms with E-state index in [0.29, 0.717) is 12.6 Å². The summed E-state index contributed by atoms with van der Waals surface area (Å²) in [5.41, 5.74) is 0. The molecule has 0 spiro atoms. The fraction of sp³-hybridized carbons (Fsp3) is 0.250. The summed E-state index contributed by atoms with van der Waals surface area (Å²) in [4.78, 5) is 0. The largest absolute Gasteiger partial charge is 0.489 e. The van der Waals surface area contributed by atoms with E-state index >= 15 is 0 Å². The average molecular weight is 241 g/mol. The van der Waals surface area contributed by atoms with Gasteiger partial charge >= 0.3 is 0 Å². The molecule has 0 aromatic heterocycles. The van der Waals surface area contributed by atoms with Crippen LogP contribution in [0.3, 0.4) is 0 Å². The molecule has 18 heavy (non-hydrogen) atoms. The highest BCUT2D eigenvalue weighted by Gasteiger charge is 1.99. The van der Waals surface area contributed by atoms with Crippen LogP contribution in [0.15, 0.2) is 54.7 Å². The monoisotopic (exact) mass is 241 g/mol. The van der Waals surface area contributed by atoms with Gasteiger partial charge in [0.2, 0.25) is 0 Å². The third-order valence-electron chi connectivity index (χ3n) is 2.63. The van der Waals surface area contributed by atoms with Gasteiger partial charge in [-0.1, -0.05) is 36.4 Å². The maximum Gasteiger partial charge on any atom is 0.127 e. The molecule has 0 radical (unpaired) electrons. The minimum absolute atomic E-state index is 0.457. The van der Waals surface area contributed by atoms with E-state index in [0.717, 1.165) is 11.1 Å². The van der Waals surface area contributed by atoms with Gasteiger partial charge in [0.05, 0.1) is 0 Å². The number of ether oxygens (including phenoxy) is 1. The lowest BCUT2D eigenvalue weighted by Crippen LogP contribution is -2.15. The van der Waals surface area contributed by atoms with Crippen LogP contribution in [0, 0.1) is 0 Å². The molecule has 2 rings (SSSR count). The van der Waals surface area contributed by atoms with Gasteiger partial charge in [-0.25, -0.2) is 0 Å². The molecule has 0 atom stereocenters. The molecule has 0 aliphatic carbocycles. The molecule has 0 saturated carbocycles. The van der Waals surface area contributed by atoms with Gasteiger partial charge in [-0.15, -0.1) is 0 Å². The number of rotatable bonds is 5. The summed E-state index contributed by atoms with van der Waals surface area (Å²) < 4.78 is 5.77. The molecule has 0 fully saturated rings. The summed E-state index contributed by atoms with van der Waals surface area (Å²) in [5.74, 6) is 0.933. The van der Waals surface area contributed by atoms with Crippen molar-refractivity contribution in [2.75, 3.05) is 6.61 Å². The molecule has 2 aromatic carbocycles. The summed E-state index contributed by atoms with van der Waals surface area (Å²) in [6, 6.07) is 14.8.